The Balaban J connectivity index is 1.78. The minimum absolute atomic E-state index is 0.153. The van der Waals surface area contributed by atoms with Crippen molar-refractivity contribution < 1.29 is 24.2 Å². The van der Waals surface area contributed by atoms with Crippen LogP contribution in [-0.4, -0.2) is 43.9 Å². The summed E-state index contributed by atoms with van der Waals surface area (Å²) in [6.07, 6.45) is 0. The molecule has 1 atom stereocenters. The minimum atomic E-state index is -1.02. The molecule has 2 N–H and O–H groups in total. The van der Waals surface area contributed by atoms with E-state index in [-0.39, 0.29) is 12.2 Å². The number of allylic oxidation sites excluding steroid dienone is 1. The molecule has 0 radical (unpaired) electrons. The van der Waals surface area contributed by atoms with E-state index in [4.69, 9.17) is 14.6 Å². The van der Waals surface area contributed by atoms with E-state index in [1.165, 1.54) is 16.8 Å². The largest absolute Gasteiger partial charge is 0.478 e. The Hall–Kier alpha value is -4.21. The first-order valence-corrected chi connectivity index (χ1v) is 9.52. The second-order valence-corrected chi connectivity index (χ2v) is 6.70. The lowest BCUT2D eigenvalue weighted by Crippen LogP contribution is -2.30. The molecule has 2 heterocycles. The molecule has 1 unspecified atom stereocenters. The van der Waals surface area contributed by atoms with E-state index in [0.29, 0.717) is 34.3 Å². The molecule has 4 rings (SSSR count). The molecule has 10 heteroatoms. The van der Waals surface area contributed by atoms with Crippen molar-refractivity contribution in [3.05, 3.63) is 70.9 Å². The Morgan fingerprint density at radius 2 is 1.90 bits per heavy atom. The second kappa shape index (κ2) is 8.27. The van der Waals surface area contributed by atoms with Crippen LogP contribution in [0.25, 0.3) is 0 Å². The molecule has 0 aliphatic carbocycles. The van der Waals surface area contributed by atoms with Gasteiger partial charge in [-0.15, -0.1) is 0 Å². The van der Waals surface area contributed by atoms with E-state index < -0.39 is 18.0 Å². The van der Waals surface area contributed by atoms with Crippen molar-refractivity contribution in [3.8, 4) is 11.5 Å². The van der Waals surface area contributed by atoms with Gasteiger partial charge < -0.3 is 19.9 Å². The van der Waals surface area contributed by atoms with Crippen LogP contribution in [0.15, 0.2) is 59.8 Å². The molecular formula is C21H19N5O5. The highest BCUT2D eigenvalue weighted by molar-refractivity contribution is 5.92. The molecule has 0 saturated heterocycles. The zero-order valence-electron chi connectivity index (χ0n) is 16.8. The summed E-state index contributed by atoms with van der Waals surface area (Å²) in [6, 6.07) is 12.6. The number of nitrogens with one attached hydrogen (secondary N) is 1. The number of fused-ring (bicyclic) bond motifs is 1. The van der Waals surface area contributed by atoms with Crippen molar-refractivity contribution in [1.29, 1.82) is 0 Å². The third-order valence-corrected chi connectivity index (χ3v) is 4.75. The normalized spacial score (nSPS) is 15.1. The number of esters is 1. The average molecular weight is 421 g/mol. The van der Waals surface area contributed by atoms with Crippen molar-refractivity contribution in [2.45, 2.75) is 19.9 Å². The standard InChI is InChI=1S/C21H19N5O5/c1-3-30-20(29)17-12(2)22-21-23-24-25-26(21)18(17)15-6-4-5-7-16(15)31-14-10-8-13(9-11-14)19(27)28/h4-11,18H,3H2,1-2H3,(H,27,28)(H,22,23,25). The number of ether oxygens (including phenoxy) is 2. The number of aromatic nitrogens is 4. The Bertz CT molecular complexity index is 1170. The van der Waals surface area contributed by atoms with Gasteiger partial charge in [0.25, 0.3) is 0 Å². The number of carboxylic acid groups (broad SMARTS) is 1. The lowest BCUT2D eigenvalue weighted by atomic mass is 9.95. The summed E-state index contributed by atoms with van der Waals surface area (Å²) in [5.74, 6) is -0.210. The van der Waals surface area contributed by atoms with Crippen molar-refractivity contribution in [1.82, 2.24) is 20.2 Å². The van der Waals surface area contributed by atoms with Gasteiger partial charge >= 0.3 is 11.9 Å². The number of carboxylic acids is 1. The van der Waals surface area contributed by atoms with Crippen LogP contribution in [0, 0.1) is 0 Å². The molecule has 158 valence electrons. The summed E-state index contributed by atoms with van der Waals surface area (Å²) in [5.41, 5.74) is 1.73. The molecule has 0 saturated carbocycles. The summed E-state index contributed by atoms with van der Waals surface area (Å²) in [7, 11) is 0. The average Bonchev–Trinajstić information content (AvgIpc) is 3.22. The van der Waals surface area contributed by atoms with Gasteiger partial charge in [0.15, 0.2) is 0 Å². The van der Waals surface area contributed by atoms with Gasteiger partial charge in [-0.05, 0) is 54.6 Å². The van der Waals surface area contributed by atoms with E-state index >= 15 is 0 Å². The molecule has 0 spiro atoms. The molecule has 10 nitrogen and oxygen atoms in total. The SMILES string of the molecule is CCOC(=O)C1=C(C)Nc2nnnn2C1c1ccccc1Oc1ccc(C(=O)O)cc1. The lowest BCUT2D eigenvalue weighted by Gasteiger charge is -2.28. The number of para-hydroxylation sites is 1. The number of benzene rings is 2. The fourth-order valence-corrected chi connectivity index (χ4v) is 3.36. The smallest absolute Gasteiger partial charge is 0.338 e. The number of nitrogens with zero attached hydrogens (tertiary/aromatic N) is 4. The zero-order valence-corrected chi connectivity index (χ0v) is 16.8. The molecule has 1 aliphatic heterocycles. The van der Waals surface area contributed by atoms with Gasteiger partial charge in [0, 0.05) is 11.3 Å². The third-order valence-electron chi connectivity index (χ3n) is 4.75. The number of tetrazole rings is 1. The van der Waals surface area contributed by atoms with Crippen molar-refractivity contribution in [2.24, 2.45) is 0 Å². The third kappa shape index (κ3) is 3.82. The molecule has 1 aliphatic rings. The molecule has 0 fully saturated rings. The number of carbonyl (C=O) groups is 2. The van der Waals surface area contributed by atoms with Crippen LogP contribution >= 0.6 is 0 Å². The van der Waals surface area contributed by atoms with Crippen LogP contribution in [0.2, 0.25) is 0 Å². The van der Waals surface area contributed by atoms with E-state index in [1.807, 2.05) is 12.1 Å². The van der Waals surface area contributed by atoms with Crippen LogP contribution < -0.4 is 10.1 Å². The van der Waals surface area contributed by atoms with Crippen LogP contribution in [0.1, 0.15) is 35.8 Å². The predicted molar refractivity (Wildman–Crippen MR) is 109 cm³/mol. The first-order valence-electron chi connectivity index (χ1n) is 9.52. The predicted octanol–water partition coefficient (Wildman–Crippen LogP) is 3.02. The van der Waals surface area contributed by atoms with Crippen LogP contribution in [0.5, 0.6) is 11.5 Å². The van der Waals surface area contributed by atoms with Gasteiger partial charge in [-0.1, -0.05) is 23.3 Å². The van der Waals surface area contributed by atoms with Gasteiger partial charge in [-0.2, -0.15) is 4.68 Å². The number of carbonyl (C=O) groups excluding carboxylic acids is 1. The molecule has 1 aromatic heterocycles. The maximum Gasteiger partial charge on any atom is 0.338 e. The maximum atomic E-state index is 12.8. The topological polar surface area (TPSA) is 128 Å². The van der Waals surface area contributed by atoms with Gasteiger partial charge in [-0.3, -0.25) is 0 Å². The number of hydrogen-bond acceptors (Lipinski definition) is 8. The Labute approximate surface area is 177 Å². The maximum absolute atomic E-state index is 12.8. The van der Waals surface area contributed by atoms with Gasteiger partial charge in [0.1, 0.15) is 17.5 Å². The monoisotopic (exact) mass is 421 g/mol. The van der Waals surface area contributed by atoms with Crippen molar-refractivity contribution >= 4 is 17.9 Å². The van der Waals surface area contributed by atoms with Crippen LogP contribution in [-0.2, 0) is 9.53 Å². The van der Waals surface area contributed by atoms with E-state index in [0.717, 1.165) is 0 Å². The fourth-order valence-electron chi connectivity index (χ4n) is 3.36. The number of rotatable bonds is 6. The molecular weight excluding hydrogens is 402 g/mol. The number of anilines is 1. The van der Waals surface area contributed by atoms with E-state index in [2.05, 4.69) is 20.8 Å². The summed E-state index contributed by atoms with van der Waals surface area (Å²) in [6.45, 7) is 3.71. The van der Waals surface area contributed by atoms with Gasteiger partial charge in [0.05, 0.1) is 17.7 Å². The summed E-state index contributed by atoms with van der Waals surface area (Å²) >= 11 is 0. The minimum Gasteiger partial charge on any atom is -0.478 e. The lowest BCUT2D eigenvalue weighted by molar-refractivity contribution is -0.139. The van der Waals surface area contributed by atoms with Gasteiger partial charge in [-0.25, -0.2) is 9.59 Å². The fraction of sp³-hybridized carbons (Fsp3) is 0.190. The summed E-state index contributed by atoms with van der Waals surface area (Å²) in [4.78, 5) is 23.9. The quantitative estimate of drug-likeness (QED) is 0.577. The number of hydrogen-bond donors (Lipinski definition) is 2. The number of aromatic carboxylic acids is 1. The summed E-state index contributed by atoms with van der Waals surface area (Å²) < 4.78 is 12.8. The van der Waals surface area contributed by atoms with Crippen LogP contribution in [0.4, 0.5) is 5.95 Å². The Morgan fingerprint density at radius 3 is 2.61 bits per heavy atom. The van der Waals surface area contributed by atoms with Crippen molar-refractivity contribution in [2.75, 3.05) is 11.9 Å². The highest BCUT2D eigenvalue weighted by Gasteiger charge is 2.36. The molecule has 2 aromatic carbocycles. The Kier molecular flexibility index (Phi) is 5.35. The van der Waals surface area contributed by atoms with Gasteiger partial charge in [0.2, 0.25) is 5.95 Å². The molecule has 0 bridgehead atoms. The van der Waals surface area contributed by atoms with E-state index in [1.54, 1.807) is 38.1 Å². The highest BCUT2D eigenvalue weighted by atomic mass is 16.5. The molecule has 0 amide bonds. The van der Waals surface area contributed by atoms with Crippen LogP contribution in [0.3, 0.4) is 0 Å². The zero-order chi connectivity index (χ0) is 22.0. The summed E-state index contributed by atoms with van der Waals surface area (Å²) in [5, 5.41) is 23.8. The highest BCUT2D eigenvalue weighted by Crippen LogP contribution is 2.40. The Morgan fingerprint density at radius 1 is 1.16 bits per heavy atom. The van der Waals surface area contributed by atoms with E-state index in [9.17, 15) is 9.59 Å². The first kappa shape index (κ1) is 20.1. The molecule has 31 heavy (non-hydrogen) atoms. The first-order chi connectivity index (χ1) is 15.0. The van der Waals surface area contributed by atoms with Crippen molar-refractivity contribution in [3.63, 3.8) is 0 Å². The molecule has 3 aromatic rings. The second-order valence-electron chi connectivity index (χ2n) is 6.70.